The standard InChI is InChI=1S/C18H33N5O2/c1-6-9-15(22-17(24)25-18(2,3)4)14-21-16(19-5)20-10-13-23-11-7-8-12-23/h7-8,11-12,15H,6,9-10,13-14H2,1-5H3,(H,22,24)(H2,19,20,21). The van der Waals surface area contributed by atoms with E-state index in [1.165, 1.54) is 0 Å². The van der Waals surface area contributed by atoms with Crippen LogP contribution in [0.15, 0.2) is 29.5 Å². The molecular weight excluding hydrogens is 318 g/mol. The number of guanidine groups is 1. The number of rotatable bonds is 8. The summed E-state index contributed by atoms with van der Waals surface area (Å²) in [6, 6.07) is 4.00. The third kappa shape index (κ3) is 9.64. The van der Waals surface area contributed by atoms with Crippen molar-refractivity contribution in [1.82, 2.24) is 20.5 Å². The van der Waals surface area contributed by atoms with Crippen molar-refractivity contribution in [3.8, 4) is 0 Å². The summed E-state index contributed by atoms with van der Waals surface area (Å²) in [6.45, 7) is 9.89. The first-order valence-electron chi connectivity index (χ1n) is 8.89. The number of ether oxygens (including phenoxy) is 1. The van der Waals surface area contributed by atoms with E-state index in [0.29, 0.717) is 6.54 Å². The van der Waals surface area contributed by atoms with Crippen molar-refractivity contribution in [1.29, 1.82) is 0 Å². The number of aromatic nitrogens is 1. The van der Waals surface area contributed by atoms with Crippen LogP contribution in [-0.4, -0.2) is 48.4 Å². The maximum absolute atomic E-state index is 12.0. The van der Waals surface area contributed by atoms with E-state index in [2.05, 4.69) is 32.4 Å². The Morgan fingerprint density at radius 2 is 1.92 bits per heavy atom. The van der Waals surface area contributed by atoms with Crippen LogP contribution in [0.2, 0.25) is 0 Å². The largest absolute Gasteiger partial charge is 0.444 e. The number of hydrogen-bond donors (Lipinski definition) is 3. The third-order valence-corrected chi connectivity index (χ3v) is 3.43. The third-order valence-electron chi connectivity index (χ3n) is 3.43. The molecule has 0 aromatic carbocycles. The van der Waals surface area contributed by atoms with Gasteiger partial charge in [0.15, 0.2) is 5.96 Å². The Labute approximate surface area is 151 Å². The van der Waals surface area contributed by atoms with Crippen LogP contribution in [0.4, 0.5) is 4.79 Å². The molecule has 1 aromatic heterocycles. The predicted octanol–water partition coefficient (Wildman–Crippen LogP) is 2.35. The molecular formula is C18H33N5O2. The molecule has 1 aromatic rings. The number of carbonyl (C=O) groups excluding carboxylic acids is 1. The minimum atomic E-state index is -0.496. The molecule has 0 radical (unpaired) electrons. The maximum Gasteiger partial charge on any atom is 0.407 e. The van der Waals surface area contributed by atoms with Gasteiger partial charge in [-0.05, 0) is 39.3 Å². The second-order valence-electron chi connectivity index (χ2n) is 6.93. The molecule has 1 heterocycles. The fraction of sp³-hybridized carbons (Fsp3) is 0.667. The highest BCUT2D eigenvalue weighted by Crippen LogP contribution is 2.07. The van der Waals surface area contributed by atoms with Gasteiger partial charge >= 0.3 is 6.09 Å². The average Bonchev–Trinajstić information content (AvgIpc) is 3.02. The number of nitrogens with one attached hydrogen (secondary N) is 3. The summed E-state index contributed by atoms with van der Waals surface area (Å²) in [4.78, 5) is 16.2. The van der Waals surface area contributed by atoms with Crippen LogP contribution in [0.25, 0.3) is 0 Å². The highest BCUT2D eigenvalue weighted by atomic mass is 16.6. The van der Waals surface area contributed by atoms with Crippen molar-refractivity contribution < 1.29 is 9.53 Å². The van der Waals surface area contributed by atoms with E-state index in [1.54, 1.807) is 7.05 Å². The Balaban J connectivity index is 2.38. The predicted molar refractivity (Wildman–Crippen MR) is 102 cm³/mol. The van der Waals surface area contributed by atoms with Crippen LogP contribution in [-0.2, 0) is 11.3 Å². The molecule has 0 aliphatic carbocycles. The molecule has 0 bridgehead atoms. The number of amides is 1. The smallest absolute Gasteiger partial charge is 0.407 e. The quantitative estimate of drug-likeness (QED) is 0.496. The average molecular weight is 351 g/mol. The molecule has 25 heavy (non-hydrogen) atoms. The molecule has 1 amide bonds. The van der Waals surface area contributed by atoms with Crippen LogP contribution in [0, 0.1) is 0 Å². The molecule has 7 heteroatoms. The number of aliphatic imine (C=N–C) groups is 1. The molecule has 1 unspecified atom stereocenters. The van der Waals surface area contributed by atoms with Gasteiger partial charge in [-0.25, -0.2) is 4.79 Å². The fourth-order valence-corrected chi connectivity index (χ4v) is 2.31. The summed E-state index contributed by atoms with van der Waals surface area (Å²) in [5.41, 5.74) is -0.496. The summed E-state index contributed by atoms with van der Waals surface area (Å²) < 4.78 is 7.43. The zero-order valence-corrected chi connectivity index (χ0v) is 16.1. The molecule has 0 saturated carbocycles. The normalized spacial score (nSPS) is 13.2. The Morgan fingerprint density at radius 3 is 2.48 bits per heavy atom. The first-order chi connectivity index (χ1) is 11.8. The molecule has 0 fully saturated rings. The van der Waals surface area contributed by atoms with Crippen molar-refractivity contribution in [2.24, 2.45) is 4.99 Å². The van der Waals surface area contributed by atoms with E-state index < -0.39 is 5.60 Å². The Bertz CT molecular complexity index is 520. The van der Waals surface area contributed by atoms with E-state index in [9.17, 15) is 4.79 Å². The first kappa shape index (κ1) is 20.9. The summed E-state index contributed by atoms with van der Waals surface area (Å²) in [7, 11) is 1.74. The zero-order valence-electron chi connectivity index (χ0n) is 16.1. The first-order valence-corrected chi connectivity index (χ1v) is 8.89. The van der Waals surface area contributed by atoms with Gasteiger partial charge in [0.2, 0.25) is 0 Å². The van der Waals surface area contributed by atoms with E-state index in [0.717, 1.165) is 31.9 Å². The van der Waals surface area contributed by atoms with Gasteiger partial charge in [0.05, 0.1) is 0 Å². The van der Waals surface area contributed by atoms with Crippen molar-refractivity contribution in [3.05, 3.63) is 24.5 Å². The van der Waals surface area contributed by atoms with E-state index in [4.69, 9.17) is 4.74 Å². The number of hydrogen-bond acceptors (Lipinski definition) is 3. The fourth-order valence-electron chi connectivity index (χ4n) is 2.31. The summed E-state index contributed by atoms with van der Waals surface area (Å²) >= 11 is 0. The Morgan fingerprint density at radius 1 is 1.24 bits per heavy atom. The lowest BCUT2D eigenvalue weighted by Crippen LogP contribution is -2.48. The second kappa shape index (κ2) is 10.6. The molecule has 1 rings (SSSR count). The van der Waals surface area contributed by atoms with Crippen LogP contribution in [0.3, 0.4) is 0 Å². The SMILES string of the molecule is CCCC(CNC(=NC)NCCn1cccc1)NC(=O)OC(C)(C)C. The van der Waals surface area contributed by atoms with E-state index >= 15 is 0 Å². The van der Waals surface area contributed by atoms with Crippen LogP contribution in [0.5, 0.6) is 0 Å². The van der Waals surface area contributed by atoms with Gasteiger partial charge < -0.3 is 25.3 Å². The molecule has 0 aliphatic rings. The van der Waals surface area contributed by atoms with Gasteiger partial charge in [0.25, 0.3) is 0 Å². The van der Waals surface area contributed by atoms with Crippen LogP contribution in [0.1, 0.15) is 40.5 Å². The number of carbonyl (C=O) groups is 1. The van der Waals surface area contributed by atoms with E-state index in [1.807, 2.05) is 45.3 Å². The van der Waals surface area contributed by atoms with Gasteiger partial charge in [-0.2, -0.15) is 0 Å². The number of nitrogens with zero attached hydrogens (tertiary/aromatic N) is 2. The minimum Gasteiger partial charge on any atom is -0.444 e. The monoisotopic (exact) mass is 351 g/mol. The highest BCUT2D eigenvalue weighted by Gasteiger charge is 2.19. The molecule has 0 spiro atoms. The topological polar surface area (TPSA) is 79.7 Å². The summed E-state index contributed by atoms with van der Waals surface area (Å²) in [5.74, 6) is 0.722. The van der Waals surface area contributed by atoms with Crippen molar-refractivity contribution in [2.45, 2.75) is 58.7 Å². The molecule has 1 atom stereocenters. The van der Waals surface area contributed by atoms with Crippen molar-refractivity contribution in [2.75, 3.05) is 20.1 Å². The molecule has 0 saturated heterocycles. The van der Waals surface area contributed by atoms with Crippen molar-refractivity contribution >= 4 is 12.1 Å². The van der Waals surface area contributed by atoms with Gasteiger partial charge in [-0.1, -0.05) is 13.3 Å². The Kier molecular flexibility index (Phi) is 8.88. The molecule has 7 nitrogen and oxygen atoms in total. The lowest BCUT2D eigenvalue weighted by molar-refractivity contribution is 0.0502. The van der Waals surface area contributed by atoms with Gasteiger partial charge in [-0.3, -0.25) is 4.99 Å². The highest BCUT2D eigenvalue weighted by molar-refractivity contribution is 5.79. The minimum absolute atomic E-state index is 0.0113. The molecule has 0 aliphatic heterocycles. The van der Waals surface area contributed by atoms with Crippen molar-refractivity contribution in [3.63, 3.8) is 0 Å². The van der Waals surface area contributed by atoms with Crippen LogP contribution < -0.4 is 16.0 Å². The lowest BCUT2D eigenvalue weighted by Gasteiger charge is -2.24. The lowest BCUT2D eigenvalue weighted by atomic mass is 10.1. The molecule has 3 N–H and O–H groups in total. The number of alkyl carbamates (subject to hydrolysis) is 1. The second-order valence-corrected chi connectivity index (χ2v) is 6.93. The molecule has 142 valence electrons. The van der Waals surface area contributed by atoms with E-state index in [-0.39, 0.29) is 12.1 Å². The maximum atomic E-state index is 12.0. The van der Waals surface area contributed by atoms with Gasteiger partial charge in [0, 0.05) is 45.1 Å². The zero-order chi connectivity index (χ0) is 18.7. The van der Waals surface area contributed by atoms with Gasteiger partial charge in [-0.15, -0.1) is 0 Å². The summed E-state index contributed by atoms with van der Waals surface area (Å²) in [6.07, 6.45) is 5.51. The van der Waals surface area contributed by atoms with Crippen LogP contribution >= 0.6 is 0 Å². The summed E-state index contributed by atoms with van der Waals surface area (Å²) in [5, 5.41) is 9.45. The van der Waals surface area contributed by atoms with Gasteiger partial charge in [0.1, 0.15) is 5.60 Å². The Hall–Kier alpha value is -2.18.